The molecule has 0 fully saturated rings. The summed E-state index contributed by atoms with van der Waals surface area (Å²) in [6.45, 7) is 0.786. The molecule has 0 bridgehead atoms. The minimum Gasteiger partial charge on any atom is -0.330 e. The van der Waals surface area contributed by atoms with Crippen LogP contribution in [-0.4, -0.2) is 17.3 Å². The first-order valence-electron chi connectivity index (χ1n) is 5.51. The maximum atomic E-state index is 5.46. The smallest absolute Gasteiger partial charge is 0.0702 e. The van der Waals surface area contributed by atoms with Crippen molar-refractivity contribution in [3.8, 4) is 0 Å². The fourth-order valence-corrected chi connectivity index (χ4v) is 2.52. The molecule has 0 saturated carbocycles. The third kappa shape index (κ3) is 2.97. The van der Waals surface area contributed by atoms with Crippen molar-refractivity contribution in [1.29, 1.82) is 0 Å². The zero-order chi connectivity index (χ0) is 11.2. The Morgan fingerprint density at radius 1 is 1.25 bits per heavy atom. The van der Waals surface area contributed by atoms with Gasteiger partial charge < -0.3 is 5.73 Å². The number of rotatable bonds is 5. The molecule has 1 heterocycles. The van der Waals surface area contributed by atoms with E-state index in [0.29, 0.717) is 0 Å². The predicted octanol–water partition coefficient (Wildman–Crippen LogP) is 2.82. The van der Waals surface area contributed by atoms with Crippen LogP contribution in [0.5, 0.6) is 0 Å². The molecular weight excluding hydrogens is 216 g/mol. The van der Waals surface area contributed by atoms with Crippen molar-refractivity contribution < 1.29 is 0 Å². The summed E-state index contributed by atoms with van der Waals surface area (Å²) in [7, 11) is 0. The Hall–Kier alpha value is -1.06. The van der Waals surface area contributed by atoms with Crippen LogP contribution in [0.4, 0.5) is 0 Å². The molecule has 2 aromatic rings. The number of thioether (sulfide) groups is 1. The number of pyridine rings is 1. The Kier molecular flexibility index (Phi) is 4.19. The SMILES string of the molecule is NCCCSCc1ccc2ncccc2c1. The maximum absolute atomic E-state index is 5.46. The number of hydrogen-bond donors (Lipinski definition) is 1. The molecule has 0 saturated heterocycles. The average Bonchev–Trinajstić information content (AvgIpc) is 2.34. The largest absolute Gasteiger partial charge is 0.330 e. The van der Waals surface area contributed by atoms with E-state index in [9.17, 15) is 0 Å². The fourth-order valence-electron chi connectivity index (χ4n) is 1.59. The summed E-state index contributed by atoms with van der Waals surface area (Å²) in [6, 6.07) is 10.6. The number of benzene rings is 1. The lowest BCUT2D eigenvalue weighted by Crippen LogP contribution is -1.99. The van der Waals surface area contributed by atoms with Crippen LogP contribution in [0.15, 0.2) is 36.5 Å². The number of nitrogens with two attached hydrogens (primary N) is 1. The molecule has 0 aliphatic rings. The first-order chi connectivity index (χ1) is 7.90. The van der Waals surface area contributed by atoms with Gasteiger partial charge in [-0.2, -0.15) is 11.8 Å². The Morgan fingerprint density at radius 3 is 3.06 bits per heavy atom. The van der Waals surface area contributed by atoms with Crippen molar-refractivity contribution >= 4 is 22.7 Å². The van der Waals surface area contributed by atoms with Crippen LogP contribution in [0, 0.1) is 0 Å². The predicted molar refractivity (Wildman–Crippen MR) is 71.6 cm³/mol. The van der Waals surface area contributed by atoms with E-state index in [1.165, 1.54) is 10.9 Å². The minimum absolute atomic E-state index is 0.786. The Morgan fingerprint density at radius 2 is 2.19 bits per heavy atom. The third-order valence-corrected chi connectivity index (χ3v) is 3.54. The van der Waals surface area contributed by atoms with Gasteiger partial charge in [0.2, 0.25) is 0 Å². The molecule has 3 heteroatoms. The first kappa shape index (κ1) is 11.4. The van der Waals surface area contributed by atoms with E-state index in [-0.39, 0.29) is 0 Å². The van der Waals surface area contributed by atoms with Crippen molar-refractivity contribution in [3.05, 3.63) is 42.1 Å². The van der Waals surface area contributed by atoms with Crippen LogP contribution >= 0.6 is 11.8 Å². The summed E-state index contributed by atoms with van der Waals surface area (Å²) >= 11 is 1.94. The summed E-state index contributed by atoms with van der Waals surface area (Å²) in [5, 5.41) is 1.22. The molecule has 2 rings (SSSR count). The fraction of sp³-hybridized carbons (Fsp3) is 0.308. The summed E-state index contributed by atoms with van der Waals surface area (Å²) in [6.07, 6.45) is 2.93. The molecule has 0 unspecified atom stereocenters. The summed E-state index contributed by atoms with van der Waals surface area (Å²) < 4.78 is 0. The zero-order valence-electron chi connectivity index (χ0n) is 9.23. The van der Waals surface area contributed by atoms with Gasteiger partial charge in [-0.3, -0.25) is 4.98 Å². The van der Waals surface area contributed by atoms with Gasteiger partial charge in [-0.15, -0.1) is 0 Å². The topological polar surface area (TPSA) is 38.9 Å². The lowest BCUT2D eigenvalue weighted by Gasteiger charge is -2.03. The van der Waals surface area contributed by atoms with Gasteiger partial charge in [0, 0.05) is 17.3 Å². The first-order valence-corrected chi connectivity index (χ1v) is 6.67. The van der Waals surface area contributed by atoms with Gasteiger partial charge in [0.05, 0.1) is 5.52 Å². The summed E-state index contributed by atoms with van der Waals surface area (Å²) in [5.74, 6) is 2.20. The molecule has 1 aromatic carbocycles. The van der Waals surface area contributed by atoms with Crippen LogP contribution in [0.1, 0.15) is 12.0 Å². The second-order valence-electron chi connectivity index (χ2n) is 3.73. The molecule has 1 aromatic heterocycles. The lowest BCUT2D eigenvalue weighted by molar-refractivity contribution is 0.943. The second-order valence-corrected chi connectivity index (χ2v) is 4.83. The van der Waals surface area contributed by atoms with Gasteiger partial charge in [-0.1, -0.05) is 12.1 Å². The van der Waals surface area contributed by atoms with E-state index < -0.39 is 0 Å². The number of nitrogens with zero attached hydrogens (tertiary/aromatic N) is 1. The van der Waals surface area contributed by atoms with E-state index in [1.54, 1.807) is 0 Å². The van der Waals surface area contributed by atoms with Crippen LogP contribution in [-0.2, 0) is 5.75 Å². The maximum Gasteiger partial charge on any atom is 0.0702 e. The molecule has 84 valence electrons. The van der Waals surface area contributed by atoms with Gasteiger partial charge in [-0.05, 0) is 42.5 Å². The Labute approximate surface area is 100 Å². The molecule has 0 amide bonds. The molecule has 0 spiro atoms. The van der Waals surface area contributed by atoms with Crippen LogP contribution in [0.3, 0.4) is 0 Å². The monoisotopic (exact) mass is 232 g/mol. The van der Waals surface area contributed by atoms with Gasteiger partial charge in [0.25, 0.3) is 0 Å². The molecule has 0 aliphatic carbocycles. The summed E-state index contributed by atoms with van der Waals surface area (Å²) in [4.78, 5) is 4.31. The van der Waals surface area contributed by atoms with E-state index >= 15 is 0 Å². The average molecular weight is 232 g/mol. The highest BCUT2D eigenvalue weighted by Crippen LogP contribution is 2.18. The van der Waals surface area contributed by atoms with Crippen molar-refractivity contribution in [2.45, 2.75) is 12.2 Å². The zero-order valence-corrected chi connectivity index (χ0v) is 10.0. The standard InChI is InChI=1S/C13H16N2S/c14-6-2-8-16-10-11-4-5-13-12(9-11)3-1-7-15-13/h1,3-5,7,9H,2,6,8,10,14H2. The van der Waals surface area contributed by atoms with Crippen LogP contribution in [0.2, 0.25) is 0 Å². The van der Waals surface area contributed by atoms with Gasteiger partial charge >= 0.3 is 0 Å². The Bertz CT molecular complexity index is 456. The van der Waals surface area contributed by atoms with Crippen molar-refractivity contribution in [3.63, 3.8) is 0 Å². The van der Waals surface area contributed by atoms with Crippen molar-refractivity contribution in [2.24, 2.45) is 5.73 Å². The van der Waals surface area contributed by atoms with E-state index in [4.69, 9.17) is 5.73 Å². The molecule has 0 radical (unpaired) electrons. The van der Waals surface area contributed by atoms with E-state index in [0.717, 1.165) is 30.0 Å². The second kappa shape index (κ2) is 5.87. The van der Waals surface area contributed by atoms with Crippen LogP contribution < -0.4 is 5.73 Å². The third-order valence-electron chi connectivity index (χ3n) is 2.43. The van der Waals surface area contributed by atoms with E-state index in [1.807, 2.05) is 24.0 Å². The van der Waals surface area contributed by atoms with E-state index in [2.05, 4.69) is 29.2 Å². The van der Waals surface area contributed by atoms with Gasteiger partial charge in [0.15, 0.2) is 0 Å². The Balaban J connectivity index is 2.02. The highest BCUT2D eigenvalue weighted by molar-refractivity contribution is 7.98. The molecule has 2 nitrogen and oxygen atoms in total. The molecule has 0 aliphatic heterocycles. The normalized spacial score (nSPS) is 10.8. The van der Waals surface area contributed by atoms with Crippen molar-refractivity contribution in [1.82, 2.24) is 4.98 Å². The number of aromatic nitrogens is 1. The lowest BCUT2D eigenvalue weighted by atomic mass is 10.1. The highest BCUT2D eigenvalue weighted by Gasteiger charge is 1.97. The minimum atomic E-state index is 0.786. The molecule has 2 N–H and O–H groups in total. The van der Waals surface area contributed by atoms with Crippen LogP contribution in [0.25, 0.3) is 10.9 Å². The summed E-state index contributed by atoms with van der Waals surface area (Å²) in [5.41, 5.74) is 7.89. The van der Waals surface area contributed by atoms with Crippen molar-refractivity contribution in [2.75, 3.05) is 12.3 Å². The van der Waals surface area contributed by atoms with Gasteiger partial charge in [-0.25, -0.2) is 0 Å². The molecular formula is C13H16N2S. The molecule has 16 heavy (non-hydrogen) atoms. The quantitative estimate of drug-likeness (QED) is 0.806. The molecule has 0 atom stereocenters. The number of hydrogen-bond acceptors (Lipinski definition) is 3. The number of fused-ring (bicyclic) bond motifs is 1. The highest BCUT2D eigenvalue weighted by atomic mass is 32.2. The van der Waals surface area contributed by atoms with Gasteiger partial charge in [0.1, 0.15) is 0 Å².